The van der Waals surface area contributed by atoms with Crippen LogP contribution in [0.1, 0.15) is 37.7 Å². The molecule has 0 spiro atoms. The average Bonchev–Trinajstić information content (AvgIpc) is 3.38. The van der Waals surface area contributed by atoms with Gasteiger partial charge in [-0.2, -0.15) is 24.9 Å². The molecule has 3 aliphatic rings. The zero-order chi connectivity index (χ0) is 23.5. The number of thiophene rings is 1. The third-order valence-corrected chi connectivity index (χ3v) is 9.11. The second kappa shape index (κ2) is 8.25. The predicted molar refractivity (Wildman–Crippen MR) is 124 cm³/mol. The number of fused-ring (bicyclic) bond motifs is 1. The number of carbonyl (C=O) groups is 1. The third kappa shape index (κ3) is 3.98. The minimum absolute atomic E-state index is 0.0841. The second-order valence-electron chi connectivity index (χ2n) is 8.28. The fourth-order valence-corrected chi connectivity index (χ4v) is 6.58. The Morgan fingerprint density at radius 2 is 1.94 bits per heavy atom. The van der Waals surface area contributed by atoms with E-state index in [0.717, 1.165) is 27.5 Å². The molecule has 2 aromatic rings. The summed E-state index contributed by atoms with van der Waals surface area (Å²) in [7, 11) is 0. The number of nitrogens with one attached hydrogen (secondary N) is 1. The first-order valence-electron chi connectivity index (χ1n) is 10.1. The van der Waals surface area contributed by atoms with Crippen LogP contribution in [-0.4, -0.2) is 40.4 Å². The molecule has 1 aromatic heterocycles. The van der Waals surface area contributed by atoms with Crippen molar-refractivity contribution >= 4 is 58.0 Å². The molecule has 33 heavy (non-hydrogen) atoms. The van der Waals surface area contributed by atoms with Crippen molar-refractivity contribution in [3.63, 3.8) is 0 Å². The maximum atomic E-state index is 14.2. The normalized spacial score (nSPS) is 22.6. The Hall–Kier alpha value is -1.62. The molecule has 12 heteroatoms. The number of hydrogen-bond acceptors (Lipinski definition) is 6. The van der Waals surface area contributed by atoms with Gasteiger partial charge in [-0.1, -0.05) is 28.4 Å². The van der Waals surface area contributed by atoms with Crippen molar-refractivity contribution in [2.75, 3.05) is 11.5 Å². The molecule has 1 saturated heterocycles. The molecule has 0 radical (unpaired) electrons. The smallest absolute Gasteiger partial charge is 0.372 e. The van der Waals surface area contributed by atoms with Crippen molar-refractivity contribution in [3.05, 3.63) is 54.7 Å². The number of carbonyl (C=O) groups excluding carboxylic acids is 1. The Morgan fingerprint density at radius 3 is 2.52 bits per heavy atom. The number of amides is 1. The van der Waals surface area contributed by atoms with Crippen LogP contribution in [0.3, 0.4) is 0 Å². The third-order valence-electron chi connectivity index (χ3n) is 6.08. The lowest BCUT2D eigenvalue weighted by Crippen LogP contribution is -2.44. The zero-order valence-corrected chi connectivity index (χ0v) is 20.4. The summed E-state index contributed by atoms with van der Waals surface area (Å²) in [6.07, 6.45) is -5.23. The molecule has 0 bridgehead atoms. The second-order valence-corrected chi connectivity index (χ2v) is 11.3. The van der Waals surface area contributed by atoms with E-state index >= 15 is 0 Å². The highest BCUT2D eigenvalue weighted by atomic mass is 35.5. The number of rotatable bonds is 3. The SMILES string of the molecule is Cc1c(C(=O)NC2CSC2)sc2c1CN(C1=NOC(c3cc(Cl)cc(Cl)c3)(C(F)(F)F)C1)C2. The van der Waals surface area contributed by atoms with Crippen LogP contribution in [0.5, 0.6) is 0 Å². The Kier molecular flexibility index (Phi) is 5.78. The van der Waals surface area contributed by atoms with Gasteiger partial charge >= 0.3 is 6.18 Å². The van der Waals surface area contributed by atoms with Crippen molar-refractivity contribution in [3.8, 4) is 0 Å². The maximum Gasteiger partial charge on any atom is 0.435 e. The van der Waals surface area contributed by atoms with Gasteiger partial charge < -0.3 is 15.1 Å². The molecule has 1 unspecified atom stereocenters. The number of nitrogens with zero attached hydrogens (tertiary/aromatic N) is 2. The molecule has 1 fully saturated rings. The lowest BCUT2D eigenvalue weighted by Gasteiger charge is -2.30. The van der Waals surface area contributed by atoms with Crippen LogP contribution in [-0.2, 0) is 23.5 Å². The molecule has 3 aliphatic heterocycles. The van der Waals surface area contributed by atoms with Gasteiger partial charge in [0, 0.05) is 44.6 Å². The fourth-order valence-electron chi connectivity index (χ4n) is 4.18. The van der Waals surface area contributed by atoms with Crippen LogP contribution in [0.2, 0.25) is 10.0 Å². The Morgan fingerprint density at radius 1 is 1.24 bits per heavy atom. The van der Waals surface area contributed by atoms with Crippen molar-refractivity contribution < 1.29 is 22.8 Å². The molecular weight excluding hydrogens is 518 g/mol. The summed E-state index contributed by atoms with van der Waals surface area (Å²) in [6, 6.07) is 3.98. The van der Waals surface area contributed by atoms with Crippen LogP contribution in [0.4, 0.5) is 13.2 Å². The maximum absolute atomic E-state index is 14.2. The summed E-state index contributed by atoms with van der Waals surface area (Å²) < 4.78 is 42.7. The lowest BCUT2D eigenvalue weighted by molar-refractivity contribution is -0.275. The van der Waals surface area contributed by atoms with E-state index in [2.05, 4.69) is 10.5 Å². The van der Waals surface area contributed by atoms with Gasteiger partial charge in [0.2, 0.25) is 0 Å². The van der Waals surface area contributed by atoms with Gasteiger partial charge in [0.1, 0.15) is 5.84 Å². The zero-order valence-electron chi connectivity index (χ0n) is 17.3. The van der Waals surface area contributed by atoms with Crippen LogP contribution >= 0.6 is 46.3 Å². The van der Waals surface area contributed by atoms with Crippen molar-refractivity contribution in [2.24, 2.45) is 5.16 Å². The topological polar surface area (TPSA) is 53.9 Å². The van der Waals surface area contributed by atoms with Gasteiger partial charge in [0.15, 0.2) is 0 Å². The minimum Gasteiger partial charge on any atom is -0.372 e. The van der Waals surface area contributed by atoms with Crippen molar-refractivity contribution in [2.45, 2.75) is 44.3 Å². The largest absolute Gasteiger partial charge is 0.435 e. The van der Waals surface area contributed by atoms with E-state index < -0.39 is 18.2 Å². The monoisotopic (exact) mass is 535 g/mol. The highest BCUT2D eigenvalue weighted by Gasteiger charge is 2.63. The number of alkyl halides is 3. The van der Waals surface area contributed by atoms with Crippen LogP contribution in [0.25, 0.3) is 0 Å². The minimum atomic E-state index is -4.74. The fraction of sp³-hybridized carbons (Fsp3) is 0.429. The highest BCUT2D eigenvalue weighted by molar-refractivity contribution is 8.00. The number of oxime groups is 1. The summed E-state index contributed by atoms with van der Waals surface area (Å²) in [5.41, 5.74) is -1.02. The summed E-state index contributed by atoms with van der Waals surface area (Å²) in [4.78, 5) is 21.1. The van der Waals surface area contributed by atoms with Gasteiger partial charge in [-0.15, -0.1) is 11.3 Å². The van der Waals surface area contributed by atoms with E-state index in [1.165, 1.54) is 29.5 Å². The molecule has 0 aliphatic carbocycles. The Bertz CT molecular complexity index is 1150. The van der Waals surface area contributed by atoms with Gasteiger partial charge in [-0.05, 0) is 36.2 Å². The van der Waals surface area contributed by atoms with E-state index in [9.17, 15) is 18.0 Å². The lowest BCUT2D eigenvalue weighted by atomic mass is 9.89. The van der Waals surface area contributed by atoms with Crippen LogP contribution < -0.4 is 5.32 Å². The van der Waals surface area contributed by atoms with Gasteiger partial charge in [0.05, 0.1) is 17.8 Å². The van der Waals surface area contributed by atoms with E-state index in [-0.39, 0.29) is 33.4 Å². The molecule has 176 valence electrons. The summed E-state index contributed by atoms with van der Waals surface area (Å²) in [6.45, 7) is 2.63. The molecule has 5 rings (SSSR count). The summed E-state index contributed by atoms with van der Waals surface area (Å²) in [5.74, 6) is 1.95. The van der Waals surface area contributed by atoms with E-state index in [4.69, 9.17) is 28.0 Å². The standard InChI is InChI=1S/C21H18Cl2F3N3O2S2/c1-10-15-6-29(7-16(15)33-18(10)19(30)27-14-8-32-9-14)17-5-20(31-28-17,21(24,25)26)11-2-12(22)4-13(23)3-11/h2-4,14H,5-9H2,1H3,(H,27,30). The molecule has 1 N–H and O–H groups in total. The summed E-state index contributed by atoms with van der Waals surface area (Å²) >= 11 is 15.1. The van der Waals surface area contributed by atoms with E-state index in [1.807, 2.05) is 6.92 Å². The molecule has 1 aromatic carbocycles. The van der Waals surface area contributed by atoms with Crippen LogP contribution in [0.15, 0.2) is 23.4 Å². The molecule has 1 atom stereocenters. The first-order valence-corrected chi connectivity index (χ1v) is 12.8. The van der Waals surface area contributed by atoms with Gasteiger partial charge in [-0.3, -0.25) is 4.79 Å². The van der Waals surface area contributed by atoms with Crippen LogP contribution in [0, 0.1) is 6.92 Å². The highest BCUT2D eigenvalue weighted by Crippen LogP contribution is 2.50. The Labute approximate surface area is 206 Å². The first-order chi connectivity index (χ1) is 15.6. The van der Waals surface area contributed by atoms with Crippen molar-refractivity contribution in [1.82, 2.24) is 10.2 Å². The average molecular weight is 536 g/mol. The van der Waals surface area contributed by atoms with Crippen molar-refractivity contribution in [1.29, 1.82) is 0 Å². The molecular formula is C21H18Cl2F3N3O2S2. The Balaban J connectivity index is 1.35. The number of amidine groups is 1. The number of thioether (sulfide) groups is 1. The predicted octanol–water partition coefficient (Wildman–Crippen LogP) is 5.72. The van der Waals surface area contributed by atoms with Gasteiger partial charge in [-0.25, -0.2) is 0 Å². The van der Waals surface area contributed by atoms with E-state index in [1.54, 1.807) is 16.7 Å². The number of hydrogen-bond donors (Lipinski definition) is 1. The van der Waals surface area contributed by atoms with E-state index in [0.29, 0.717) is 18.0 Å². The van der Waals surface area contributed by atoms with Gasteiger partial charge in [0.25, 0.3) is 11.5 Å². The molecule has 4 heterocycles. The summed E-state index contributed by atoms with van der Waals surface area (Å²) in [5, 5.41) is 7.04. The molecule has 0 saturated carbocycles. The molecule has 5 nitrogen and oxygen atoms in total. The number of benzene rings is 1. The number of halogens is 5. The molecule has 1 amide bonds. The first kappa shape index (κ1) is 23.1. The quantitative estimate of drug-likeness (QED) is 0.546.